The first kappa shape index (κ1) is 33.0. The van der Waals surface area contributed by atoms with Crippen molar-refractivity contribution in [2.45, 2.75) is 82.5 Å². The van der Waals surface area contributed by atoms with Crippen LogP contribution < -0.4 is 33.6 Å². The fraction of sp³-hybridized carbons (Fsp3) is 0.467. The average molecular weight is 594 g/mol. The number of carbonyl (C=O) groups excluding carboxylic acids is 4. The number of nitrogen functional groups attached to an aromatic ring is 1. The van der Waals surface area contributed by atoms with Gasteiger partial charge in [-0.3, -0.25) is 29.1 Å². The van der Waals surface area contributed by atoms with Crippen LogP contribution in [-0.2, 0) is 20.8 Å². The molecule has 0 bridgehead atoms. The van der Waals surface area contributed by atoms with Gasteiger partial charge in [0.1, 0.15) is 17.9 Å². The van der Waals surface area contributed by atoms with E-state index in [0.29, 0.717) is 19.3 Å². The van der Waals surface area contributed by atoms with Crippen LogP contribution in [0.5, 0.6) is 0 Å². The maximum absolute atomic E-state index is 14.3. The van der Waals surface area contributed by atoms with Gasteiger partial charge in [0.05, 0.1) is 11.6 Å². The summed E-state index contributed by atoms with van der Waals surface area (Å²) in [5.41, 5.74) is 23.3. The van der Waals surface area contributed by atoms with Crippen molar-refractivity contribution in [1.82, 2.24) is 20.5 Å². The van der Waals surface area contributed by atoms with Crippen LogP contribution in [0.3, 0.4) is 0 Å². The van der Waals surface area contributed by atoms with Crippen molar-refractivity contribution in [1.29, 1.82) is 0 Å². The fourth-order valence-corrected chi connectivity index (χ4v) is 5.02. The molecule has 0 spiro atoms. The molecule has 4 amide bonds. The molecule has 2 aromatic rings. The van der Waals surface area contributed by atoms with Crippen molar-refractivity contribution in [2.24, 2.45) is 22.2 Å². The molecule has 3 rings (SSSR count). The van der Waals surface area contributed by atoms with Crippen LogP contribution in [0.15, 0.2) is 53.7 Å². The first-order valence-corrected chi connectivity index (χ1v) is 14.6. The molecule has 3 atom stereocenters. The molecule has 1 aromatic heterocycles. The monoisotopic (exact) mass is 593 g/mol. The quantitative estimate of drug-likeness (QED) is 0.108. The van der Waals surface area contributed by atoms with Gasteiger partial charge in [-0.25, -0.2) is 4.98 Å². The van der Waals surface area contributed by atoms with E-state index in [1.165, 1.54) is 30.2 Å². The number of aliphatic imine (C=N–C) groups is 1. The normalized spacial score (nSPS) is 15.4. The molecule has 1 aromatic carbocycles. The van der Waals surface area contributed by atoms with E-state index in [2.05, 4.69) is 20.6 Å². The molecule has 0 saturated heterocycles. The van der Waals surface area contributed by atoms with Gasteiger partial charge in [0, 0.05) is 25.2 Å². The number of nitrogens with one attached hydrogen (secondary N) is 2. The Morgan fingerprint density at radius 3 is 2.26 bits per heavy atom. The lowest BCUT2D eigenvalue weighted by Crippen LogP contribution is -2.58. The summed E-state index contributed by atoms with van der Waals surface area (Å²) in [6.45, 7) is 1.75. The van der Waals surface area contributed by atoms with Crippen LogP contribution in [0.25, 0.3) is 0 Å². The van der Waals surface area contributed by atoms with Crippen LogP contribution in [0, 0.1) is 0 Å². The molecule has 0 unspecified atom stereocenters. The zero-order chi connectivity index (χ0) is 31.4. The second-order valence-electron chi connectivity index (χ2n) is 10.8. The first-order valence-electron chi connectivity index (χ1n) is 14.6. The molecular weight excluding hydrogens is 550 g/mol. The molecule has 43 heavy (non-hydrogen) atoms. The van der Waals surface area contributed by atoms with Gasteiger partial charge in [-0.05, 0) is 50.3 Å². The minimum Gasteiger partial charge on any atom is -0.384 e. The summed E-state index contributed by atoms with van der Waals surface area (Å²) < 4.78 is 0. The molecule has 0 aliphatic heterocycles. The van der Waals surface area contributed by atoms with Crippen molar-refractivity contribution in [3.05, 3.63) is 59.8 Å². The van der Waals surface area contributed by atoms with E-state index in [1.54, 1.807) is 0 Å². The van der Waals surface area contributed by atoms with Gasteiger partial charge < -0.3 is 33.6 Å². The van der Waals surface area contributed by atoms with Crippen LogP contribution in [0.4, 0.5) is 5.82 Å². The van der Waals surface area contributed by atoms with Gasteiger partial charge in [-0.15, -0.1) is 0 Å². The highest BCUT2D eigenvalue weighted by Crippen LogP contribution is 2.25. The Balaban J connectivity index is 1.93. The van der Waals surface area contributed by atoms with E-state index < -0.39 is 41.8 Å². The summed E-state index contributed by atoms with van der Waals surface area (Å²) in [5.74, 6) is -1.99. The van der Waals surface area contributed by atoms with Gasteiger partial charge in [0.2, 0.25) is 11.8 Å². The number of hydrogen-bond acceptors (Lipinski definition) is 8. The molecule has 1 heterocycles. The lowest BCUT2D eigenvalue weighted by Gasteiger charge is -2.35. The van der Waals surface area contributed by atoms with Crippen LogP contribution in [-0.4, -0.2) is 70.2 Å². The van der Waals surface area contributed by atoms with Crippen molar-refractivity contribution in [3.8, 4) is 0 Å². The number of imide groups is 1. The molecule has 1 aliphatic carbocycles. The lowest BCUT2D eigenvalue weighted by molar-refractivity contribution is -0.137. The number of guanidine groups is 1. The smallest absolute Gasteiger partial charge is 0.262 e. The Labute approximate surface area is 251 Å². The third-order valence-corrected chi connectivity index (χ3v) is 7.32. The van der Waals surface area contributed by atoms with Crippen molar-refractivity contribution in [2.75, 3.05) is 12.3 Å². The highest BCUT2D eigenvalue weighted by atomic mass is 16.2. The van der Waals surface area contributed by atoms with Gasteiger partial charge in [-0.1, -0.05) is 49.6 Å². The number of nitrogens with two attached hydrogens (primary N) is 4. The van der Waals surface area contributed by atoms with Crippen molar-refractivity contribution in [3.63, 3.8) is 0 Å². The second kappa shape index (κ2) is 16.2. The third-order valence-electron chi connectivity index (χ3n) is 7.32. The number of aromatic nitrogens is 1. The average Bonchev–Trinajstić information content (AvgIpc) is 2.99. The van der Waals surface area contributed by atoms with Crippen LogP contribution in [0.2, 0.25) is 0 Å². The molecule has 13 nitrogen and oxygen atoms in total. The standard InChI is InChI=1S/C30H43N9O4/c1-19(31)26(40)37-23(13-8-16-35-30(33)34)27(41)38-24(17-20-9-4-2-5-10-20)29(43)39(22-11-6-3-7-12-22)28(42)21-14-15-25(32)36-18-21/h2,4-5,9-10,14-15,18-19,22-24H,3,6-8,11-13,16-17,31H2,1H3,(H2,32,36)(H,37,40)(H,38,41)(H4,33,34,35)/t19-,23-,24-/m0/s1. The first-order chi connectivity index (χ1) is 20.6. The summed E-state index contributed by atoms with van der Waals surface area (Å²) in [6, 6.07) is 8.92. The van der Waals surface area contributed by atoms with E-state index in [-0.39, 0.29) is 42.8 Å². The van der Waals surface area contributed by atoms with Gasteiger partial charge in [0.15, 0.2) is 5.96 Å². The molecule has 1 fully saturated rings. The van der Waals surface area contributed by atoms with E-state index >= 15 is 0 Å². The number of anilines is 1. The molecule has 13 heteroatoms. The number of hydrogen-bond donors (Lipinski definition) is 6. The number of amides is 4. The van der Waals surface area contributed by atoms with E-state index in [4.69, 9.17) is 22.9 Å². The number of benzene rings is 1. The third kappa shape index (κ3) is 10.1. The van der Waals surface area contributed by atoms with Crippen molar-refractivity contribution >= 4 is 35.4 Å². The second-order valence-corrected chi connectivity index (χ2v) is 10.8. The molecular formula is C30H43N9O4. The van der Waals surface area contributed by atoms with E-state index in [1.807, 2.05) is 30.3 Å². The number of nitrogens with zero attached hydrogens (tertiary/aromatic N) is 3. The van der Waals surface area contributed by atoms with Crippen LogP contribution in [0.1, 0.15) is 67.8 Å². The summed E-state index contributed by atoms with van der Waals surface area (Å²) in [5, 5.41) is 5.50. The molecule has 0 radical (unpaired) electrons. The lowest BCUT2D eigenvalue weighted by atomic mass is 9.92. The summed E-state index contributed by atoms with van der Waals surface area (Å²) in [7, 11) is 0. The van der Waals surface area contributed by atoms with Crippen LogP contribution >= 0.6 is 0 Å². The Kier molecular flexibility index (Phi) is 12.4. The topological polar surface area (TPSA) is 225 Å². The Morgan fingerprint density at radius 1 is 0.977 bits per heavy atom. The zero-order valence-electron chi connectivity index (χ0n) is 24.6. The maximum Gasteiger partial charge on any atom is 0.262 e. The van der Waals surface area contributed by atoms with Crippen molar-refractivity contribution < 1.29 is 19.2 Å². The largest absolute Gasteiger partial charge is 0.384 e. The minimum atomic E-state index is -1.10. The Bertz CT molecular complexity index is 1260. The summed E-state index contributed by atoms with van der Waals surface area (Å²) in [6.07, 6.45) is 6.12. The highest BCUT2D eigenvalue weighted by Gasteiger charge is 2.37. The fourth-order valence-electron chi connectivity index (χ4n) is 5.02. The molecule has 1 aliphatic rings. The Hall–Kier alpha value is -4.52. The Morgan fingerprint density at radius 2 is 1.65 bits per heavy atom. The number of carbonyl (C=O) groups is 4. The van der Waals surface area contributed by atoms with Gasteiger partial charge >= 0.3 is 0 Å². The summed E-state index contributed by atoms with van der Waals surface area (Å²) >= 11 is 0. The number of rotatable bonds is 13. The van der Waals surface area contributed by atoms with Gasteiger partial charge in [0.25, 0.3) is 11.8 Å². The molecule has 10 N–H and O–H groups in total. The predicted octanol–water partition coefficient (Wildman–Crippen LogP) is 0.578. The maximum atomic E-state index is 14.3. The SMILES string of the molecule is C[C@H](N)C(=O)N[C@@H](CCCN=C(N)N)C(=O)N[C@@H](Cc1ccccc1)C(=O)N(C(=O)c1ccc(N)nc1)C1CCCCC1. The van der Waals surface area contributed by atoms with E-state index in [9.17, 15) is 19.2 Å². The highest BCUT2D eigenvalue weighted by molar-refractivity contribution is 6.07. The molecule has 232 valence electrons. The minimum absolute atomic E-state index is 0.0853. The summed E-state index contributed by atoms with van der Waals surface area (Å²) in [4.78, 5) is 63.6. The molecule has 1 saturated carbocycles. The zero-order valence-corrected chi connectivity index (χ0v) is 24.6. The van der Waals surface area contributed by atoms with E-state index in [0.717, 1.165) is 24.8 Å². The number of pyridine rings is 1. The predicted molar refractivity (Wildman–Crippen MR) is 164 cm³/mol. The van der Waals surface area contributed by atoms with Gasteiger partial charge in [-0.2, -0.15) is 0 Å².